The van der Waals surface area contributed by atoms with Crippen LogP contribution >= 0.6 is 15.9 Å². The molecule has 0 aliphatic carbocycles. The second-order valence-corrected chi connectivity index (χ2v) is 6.51. The largest absolute Gasteiger partial charge is 0.298 e. The normalized spacial score (nSPS) is 11.2. The van der Waals surface area contributed by atoms with Gasteiger partial charge in [-0.2, -0.15) is 0 Å². The number of sulfone groups is 1. The first-order valence-corrected chi connectivity index (χ1v) is 7.37. The van der Waals surface area contributed by atoms with Crippen molar-refractivity contribution < 1.29 is 13.2 Å². The molecule has 5 heteroatoms. The highest BCUT2D eigenvalue weighted by molar-refractivity contribution is 9.10. The van der Waals surface area contributed by atoms with Crippen molar-refractivity contribution in [2.24, 2.45) is 0 Å². The van der Waals surface area contributed by atoms with Gasteiger partial charge in [-0.15, -0.1) is 0 Å². The lowest BCUT2D eigenvalue weighted by molar-refractivity contribution is 0.112. The van der Waals surface area contributed by atoms with Crippen LogP contribution < -0.4 is 0 Å². The SMILES string of the molecule is O=Cc1cccc(S(=O)(=O)c2ccc(Br)cc2)c1. The molecule has 0 aliphatic rings. The fourth-order valence-electron chi connectivity index (χ4n) is 1.50. The number of carbonyl (C=O) groups is 1. The first kappa shape index (κ1) is 13.0. The molecule has 0 N–H and O–H groups in total. The van der Waals surface area contributed by atoms with Crippen molar-refractivity contribution in [2.45, 2.75) is 9.79 Å². The molecule has 2 aromatic carbocycles. The summed E-state index contributed by atoms with van der Waals surface area (Å²) in [5.74, 6) is 0. The van der Waals surface area contributed by atoms with Gasteiger partial charge in [0.1, 0.15) is 6.29 Å². The van der Waals surface area contributed by atoms with Crippen molar-refractivity contribution in [1.29, 1.82) is 0 Å². The van der Waals surface area contributed by atoms with E-state index in [1.54, 1.807) is 24.3 Å². The van der Waals surface area contributed by atoms with E-state index in [2.05, 4.69) is 15.9 Å². The molecular formula is C13H9BrO3S. The van der Waals surface area contributed by atoms with Gasteiger partial charge in [-0.05, 0) is 36.4 Å². The Hall–Kier alpha value is -1.46. The van der Waals surface area contributed by atoms with Gasteiger partial charge >= 0.3 is 0 Å². The van der Waals surface area contributed by atoms with Gasteiger partial charge in [0.05, 0.1) is 9.79 Å². The first-order chi connectivity index (χ1) is 8.54. The maximum atomic E-state index is 12.3. The van der Waals surface area contributed by atoms with Gasteiger partial charge in [0.2, 0.25) is 9.84 Å². The molecule has 0 unspecified atom stereocenters. The van der Waals surface area contributed by atoms with Crippen LogP contribution in [0.1, 0.15) is 10.4 Å². The molecule has 0 aliphatic heterocycles. The summed E-state index contributed by atoms with van der Waals surface area (Å²) in [7, 11) is -3.57. The topological polar surface area (TPSA) is 51.2 Å². The van der Waals surface area contributed by atoms with E-state index in [0.717, 1.165) is 4.47 Å². The summed E-state index contributed by atoms with van der Waals surface area (Å²) < 4.78 is 25.4. The molecule has 92 valence electrons. The summed E-state index contributed by atoms with van der Waals surface area (Å²) in [5.41, 5.74) is 0.341. The zero-order valence-electron chi connectivity index (χ0n) is 9.21. The highest BCUT2D eigenvalue weighted by Crippen LogP contribution is 2.22. The lowest BCUT2D eigenvalue weighted by Gasteiger charge is -2.05. The number of rotatable bonds is 3. The zero-order valence-corrected chi connectivity index (χ0v) is 11.6. The van der Waals surface area contributed by atoms with E-state index < -0.39 is 9.84 Å². The van der Waals surface area contributed by atoms with Crippen molar-refractivity contribution in [3.63, 3.8) is 0 Å². The van der Waals surface area contributed by atoms with Crippen LogP contribution in [0.25, 0.3) is 0 Å². The lowest BCUT2D eigenvalue weighted by Crippen LogP contribution is -2.02. The van der Waals surface area contributed by atoms with Crippen molar-refractivity contribution in [3.8, 4) is 0 Å². The Morgan fingerprint density at radius 2 is 1.61 bits per heavy atom. The highest BCUT2D eigenvalue weighted by Gasteiger charge is 2.17. The fourth-order valence-corrected chi connectivity index (χ4v) is 3.08. The predicted octanol–water partition coefficient (Wildman–Crippen LogP) is 3.09. The summed E-state index contributed by atoms with van der Waals surface area (Å²) in [6.45, 7) is 0. The van der Waals surface area contributed by atoms with Crippen molar-refractivity contribution in [1.82, 2.24) is 0 Å². The molecule has 2 aromatic rings. The minimum absolute atomic E-state index is 0.120. The Kier molecular flexibility index (Phi) is 3.63. The van der Waals surface area contributed by atoms with E-state index in [-0.39, 0.29) is 9.79 Å². The van der Waals surface area contributed by atoms with Gasteiger partial charge in [-0.1, -0.05) is 28.1 Å². The molecule has 0 radical (unpaired) electrons. The summed E-state index contributed by atoms with van der Waals surface area (Å²) in [6, 6.07) is 12.3. The molecule has 0 amide bonds. The summed E-state index contributed by atoms with van der Waals surface area (Å²) in [6.07, 6.45) is 0.626. The fraction of sp³-hybridized carbons (Fsp3) is 0. The molecule has 0 bridgehead atoms. The van der Waals surface area contributed by atoms with Crippen molar-refractivity contribution >= 4 is 32.1 Å². The predicted molar refractivity (Wildman–Crippen MR) is 71.4 cm³/mol. The summed E-state index contributed by atoms with van der Waals surface area (Å²) in [4.78, 5) is 11.0. The van der Waals surface area contributed by atoms with Gasteiger partial charge in [-0.25, -0.2) is 8.42 Å². The smallest absolute Gasteiger partial charge is 0.206 e. The Bertz CT molecular complexity index is 676. The van der Waals surface area contributed by atoms with Crippen LogP contribution in [-0.4, -0.2) is 14.7 Å². The van der Waals surface area contributed by atoms with Crippen LogP contribution in [-0.2, 0) is 9.84 Å². The van der Waals surface area contributed by atoms with E-state index in [1.165, 1.54) is 24.3 Å². The third-order valence-electron chi connectivity index (χ3n) is 2.43. The molecular weight excluding hydrogens is 316 g/mol. The highest BCUT2D eigenvalue weighted by atomic mass is 79.9. The van der Waals surface area contributed by atoms with Gasteiger partial charge in [-0.3, -0.25) is 4.79 Å². The van der Waals surface area contributed by atoms with Gasteiger partial charge in [0, 0.05) is 10.0 Å². The number of benzene rings is 2. The second-order valence-electron chi connectivity index (χ2n) is 3.65. The maximum Gasteiger partial charge on any atom is 0.206 e. The van der Waals surface area contributed by atoms with E-state index in [4.69, 9.17) is 0 Å². The van der Waals surface area contributed by atoms with Crippen LogP contribution in [0.15, 0.2) is 62.8 Å². The number of halogens is 1. The third-order valence-corrected chi connectivity index (χ3v) is 4.72. The average Bonchev–Trinajstić information content (AvgIpc) is 2.39. The first-order valence-electron chi connectivity index (χ1n) is 5.10. The zero-order chi connectivity index (χ0) is 13.2. The quantitative estimate of drug-likeness (QED) is 0.815. The van der Waals surface area contributed by atoms with E-state index in [0.29, 0.717) is 11.8 Å². The molecule has 0 heterocycles. The monoisotopic (exact) mass is 324 g/mol. The van der Waals surface area contributed by atoms with Gasteiger partial charge in [0.15, 0.2) is 0 Å². The average molecular weight is 325 g/mol. The molecule has 0 aromatic heterocycles. The Morgan fingerprint density at radius 1 is 0.944 bits per heavy atom. The molecule has 0 saturated carbocycles. The second kappa shape index (κ2) is 5.04. The van der Waals surface area contributed by atoms with E-state index in [9.17, 15) is 13.2 Å². The third kappa shape index (κ3) is 2.52. The standard InChI is InChI=1S/C13H9BrO3S/c14-11-4-6-12(7-5-11)18(16,17)13-3-1-2-10(8-13)9-15/h1-9H. The van der Waals surface area contributed by atoms with Crippen LogP contribution in [0.2, 0.25) is 0 Å². The minimum atomic E-state index is -3.57. The van der Waals surface area contributed by atoms with Crippen molar-refractivity contribution in [2.75, 3.05) is 0 Å². The summed E-state index contributed by atoms with van der Waals surface area (Å²) in [5, 5.41) is 0. The number of hydrogen-bond acceptors (Lipinski definition) is 3. The Labute approximate surface area is 114 Å². The van der Waals surface area contributed by atoms with Crippen LogP contribution in [0, 0.1) is 0 Å². The number of aldehydes is 1. The molecule has 0 spiro atoms. The lowest BCUT2D eigenvalue weighted by atomic mass is 10.2. The van der Waals surface area contributed by atoms with Gasteiger partial charge < -0.3 is 0 Å². The number of hydrogen-bond donors (Lipinski definition) is 0. The molecule has 2 rings (SSSR count). The molecule has 18 heavy (non-hydrogen) atoms. The molecule has 0 atom stereocenters. The molecule has 0 fully saturated rings. The van der Waals surface area contributed by atoms with Crippen LogP contribution in [0.5, 0.6) is 0 Å². The van der Waals surface area contributed by atoms with Crippen LogP contribution in [0.4, 0.5) is 0 Å². The van der Waals surface area contributed by atoms with E-state index >= 15 is 0 Å². The van der Waals surface area contributed by atoms with Crippen LogP contribution in [0.3, 0.4) is 0 Å². The summed E-state index contributed by atoms with van der Waals surface area (Å²) >= 11 is 3.25. The minimum Gasteiger partial charge on any atom is -0.298 e. The Morgan fingerprint density at radius 3 is 2.22 bits per heavy atom. The van der Waals surface area contributed by atoms with Gasteiger partial charge in [0.25, 0.3) is 0 Å². The molecule has 3 nitrogen and oxygen atoms in total. The maximum absolute atomic E-state index is 12.3. The van der Waals surface area contributed by atoms with Crippen molar-refractivity contribution in [3.05, 3.63) is 58.6 Å². The van der Waals surface area contributed by atoms with E-state index in [1.807, 2.05) is 0 Å². The number of carbonyl (C=O) groups excluding carboxylic acids is 1. The Balaban J connectivity index is 2.54. The molecule has 0 saturated heterocycles.